The molecule has 1 saturated heterocycles. The van der Waals surface area contributed by atoms with Gasteiger partial charge in [0, 0.05) is 37.9 Å². The summed E-state index contributed by atoms with van der Waals surface area (Å²) in [5.74, 6) is 1.16. The Bertz CT molecular complexity index is 486. The number of anilines is 1. The molecule has 0 N–H and O–H groups in total. The summed E-state index contributed by atoms with van der Waals surface area (Å²) < 4.78 is 0. The fourth-order valence-corrected chi connectivity index (χ4v) is 2.90. The minimum atomic E-state index is 0.168. The average molecular weight is 289 g/mol. The Morgan fingerprint density at radius 3 is 1.95 bits per heavy atom. The fourth-order valence-electron chi connectivity index (χ4n) is 2.90. The minimum Gasteiger partial charge on any atom is -0.354 e. The molecule has 1 aromatic heterocycles. The Morgan fingerprint density at radius 2 is 1.52 bits per heavy atom. The molecule has 21 heavy (non-hydrogen) atoms. The molecule has 0 radical (unpaired) electrons. The molecular weight excluding hydrogens is 258 g/mol. The lowest BCUT2D eigenvalue weighted by Gasteiger charge is -2.43. The number of aryl methyl sites for hydroxylation is 1. The molecule has 0 spiro atoms. The Hall–Kier alpha value is -1.09. The summed E-state index contributed by atoms with van der Waals surface area (Å²) >= 11 is 0. The highest BCUT2D eigenvalue weighted by molar-refractivity contribution is 5.48. The molecule has 1 fully saturated rings. The van der Waals surface area contributed by atoms with Gasteiger partial charge in [-0.2, -0.15) is 0 Å². The van der Waals surface area contributed by atoms with Gasteiger partial charge in [-0.25, -0.2) is 4.98 Å². The first kappa shape index (κ1) is 16.3. The molecule has 3 nitrogen and oxygen atoms in total. The van der Waals surface area contributed by atoms with Crippen LogP contribution in [0, 0.1) is 6.92 Å². The van der Waals surface area contributed by atoms with Gasteiger partial charge in [0.1, 0.15) is 5.82 Å². The first-order valence-electron chi connectivity index (χ1n) is 8.06. The Morgan fingerprint density at radius 1 is 0.952 bits per heavy atom. The highest BCUT2D eigenvalue weighted by Gasteiger charge is 2.27. The van der Waals surface area contributed by atoms with E-state index in [4.69, 9.17) is 4.98 Å². The van der Waals surface area contributed by atoms with Gasteiger partial charge in [0.15, 0.2) is 0 Å². The molecule has 3 heteroatoms. The van der Waals surface area contributed by atoms with Crippen LogP contribution in [-0.2, 0) is 5.41 Å². The van der Waals surface area contributed by atoms with Gasteiger partial charge in [-0.05, 0) is 44.2 Å². The van der Waals surface area contributed by atoms with Crippen LogP contribution in [-0.4, -0.2) is 41.6 Å². The molecule has 0 unspecified atom stereocenters. The topological polar surface area (TPSA) is 19.4 Å². The molecule has 2 rings (SSSR count). The van der Waals surface area contributed by atoms with E-state index in [1.165, 1.54) is 11.1 Å². The Labute approximate surface area is 130 Å². The van der Waals surface area contributed by atoms with Crippen LogP contribution in [0.25, 0.3) is 0 Å². The van der Waals surface area contributed by atoms with E-state index in [0.717, 1.165) is 32.0 Å². The maximum atomic E-state index is 4.76. The monoisotopic (exact) mass is 289 g/mol. The van der Waals surface area contributed by atoms with E-state index in [2.05, 4.69) is 70.5 Å². The van der Waals surface area contributed by atoms with E-state index in [9.17, 15) is 0 Å². The van der Waals surface area contributed by atoms with Crippen LogP contribution in [0.5, 0.6) is 0 Å². The van der Waals surface area contributed by atoms with Gasteiger partial charge in [0.2, 0.25) is 0 Å². The lowest BCUT2D eigenvalue weighted by Crippen LogP contribution is -2.53. The summed E-state index contributed by atoms with van der Waals surface area (Å²) in [5.41, 5.74) is 3.05. The highest BCUT2D eigenvalue weighted by atomic mass is 15.3. The van der Waals surface area contributed by atoms with Crippen LogP contribution in [0.1, 0.15) is 52.7 Å². The summed E-state index contributed by atoms with van der Waals surface area (Å²) in [6.45, 7) is 20.2. The van der Waals surface area contributed by atoms with E-state index in [-0.39, 0.29) is 11.0 Å². The smallest absolute Gasteiger partial charge is 0.131 e. The summed E-state index contributed by atoms with van der Waals surface area (Å²) in [6.07, 6.45) is 2.05. The second-order valence-electron chi connectivity index (χ2n) is 8.26. The van der Waals surface area contributed by atoms with Crippen LogP contribution in [0.2, 0.25) is 0 Å². The number of piperazine rings is 1. The summed E-state index contributed by atoms with van der Waals surface area (Å²) in [7, 11) is 0. The molecule has 1 aliphatic rings. The zero-order chi connectivity index (χ0) is 15.8. The third-order valence-electron chi connectivity index (χ3n) is 4.44. The second-order valence-corrected chi connectivity index (χ2v) is 8.26. The molecule has 0 aromatic carbocycles. The normalized spacial score (nSPS) is 18.1. The third-order valence-corrected chi connectivity index (χ3v) is 4.44. The fraction of sp³-hybridized carbons (Fsp3) is 0.722. The quantitative estimate of drug-likeness (QED) is 0.787. The Kier molecular flexibility index (Phi) is 4.34. The number of nitrogens with zero attached hydrogens (tertiary/aromatic N) is 3. The molecule has 1 aliphatic heterocycles. The summed E-state index contributed by atoms with van der Waals surface area (Å²) in [5, 5.41) is 0. The van der Waals surface area contributed by atoms with Crippen molar-refractivity contribution >= 4 is 5.82 Å². The molecule has 1 aromatic rings. The van der Waals surface area contributed by atoms with Crippen LogP contribution in [0.3, 0.4) is 0 Å². The number of aromatic nitrogens is 1. The van der Waals surface area contributed by atoms with Gasteiger partial charge >= 0.3 is 0 Å². The van der Waals surface area contributed by atoms with Crippen LogP contribution in [0.4, 0.5) is 5.82 Å². The average Bonchev–Trinajstić information content (AvgIpc) is 2.36. The zero-order valence-corrected chi connectivity index (χ0v) is 14.8. The van der Waals surface area contributed by atoms with Crippen molar-refractivity contribution in [3.8, 4) is 0 Å². The zero-order valence-electron chi connectivity index (χ0n) is 14.8. The largest absolute Gasteiger partial charge is 0.354 e. The Balaban J connectivity index is 2.11. The number of hydrogen-bond donors (Lipinski definition) is 0. The first-order valence-corrected chi connectivity index (χ1v) is 8.06. The van der Waals surface area contributed by atoms with Gasteiger partial charge in [0.05, 0.1) is 0 Å². The van der Waals surface area contributed by atoms with Crippen LogP contribution < -0.4 is 4.90 Å². The van der Waals surface area contributed by atoms with Crippen LogP contribution in [0.15, 0.2) is 12.3 Å². The molecule has 118 valence electrons. The van der Waals surface area contributed by atoms with E-state index >= 15 is 0 Å². The predicted molar refractivity (Wildman–Crippen MR) is 91.2 cm³/mol. The van der Waals surface area contributed by atoms with E-state index < -0.39 is 0 Å². The SMILES string of the molecule is Cc1cc(C(C)(C)C)cnc1N1CCN(C(C)(C)C)CC1. The maximum Gasteiger partial charge on any atom is 0.131 e. The highest BCUT2D eigenvalue weighted by Crippen LogP contribution is 2.27. The van der Waals surface area contributed by atoms with E-state index in [1.54, 1.807) is 0 Å². The molecular formula is C18H31N3. The van der Waals surface area contributed by atoms with E-state index in [1.807, 2.05) is 0 Å². The van der Waals surface area contributed by atoms with Crippen molar-refractivity contribution in [3.05, 3.63) is 23.4 Å². The van der Waals surface area contributed by atoms with Crippen molar-refractivity contribution < 1.29 is 0 Å². The van der Waals surface area contributed by atoms with Gasteiger partial charge in [0.25, 0.3) is 0 Å². The van der Waals surface area contributed by atoms with Gasteiger partial charge in [-0.3, -0.25) is 4.90 Å². The van der Waals surface area contributed by atoms with Gasteiger partial charge in [-0.1, -0.05) is 26.8 Å². The number of rotatable bonds is 1. The predicted octanol–water partition coefficient (Wildman–Crippen LogP) is 3.61. The molecule has 0 atom stereocenters. The second kappa shape index (κ2) is 5.60. The summed E-state index contributed by atoms with van der Waals surface area (Å²) in [6, 6.07) is 2.30. The van der Waals surface area contributed by atoms with E-state index in [0.29, 0.717) is 0 Å². The van der Waals surface area contributed by atoms with Crippen molar-refractivity contribution in [3.63, 3.8) is 0 Å². The van der Waals surface area contributed by atoms with Gasteiger partial charge in [-0.15, -0.1) is 0 Å². The molecule has 2 heterocycles. The van der Waals surface area contributed by atoms with Crippen molar-refractivity contribution in [1.29, 1.82) is 0 Å². The van der Waals surface area contributed by atoms with Crippen molar-refractivity contribution in [2.75, 3.05) is 31.1 Å². The lowest BCUT2D eigenvalue weighted by atomic mass is 9.87. The summed E-state index contributed by atoms with van der Waals surface area (Å²) in [4.78, 5) is 9.76. The number of hydrogen-bond acceptors (Lipinski definition) is 3. The lowest BCUT2D eigenvalue weighted by molar-refractivity contribution is 0.128. The molecule has 0 amide bonds. The maximum absolute atomic E-state index is 4.76. The molecule has 0 saturated carbocycles. The van der Waals surface area contributed by atoms with Crippen molar-refractivity contribution in [2.45, 2.75) is 59.4 Å². The van der Waals surface area contributed by atoms with Crippen molar-refractivity contribution in [1.82, 2.24) is 9.88 Å². The molecule has 0 aliphatic carbocycles. The standard InChI is InChI=1S/C18H31N3/c1-14-12-15(17(2,3)4)13-19-16(14)20-8-10-21(11-9-20)18(5,6)7/h12-13H,8-11H2,1-7H3. The van der Waals surface area contributed by atoms with Crippen molar-refractivity contribution in [2.24, 2.45) is 0 Å². The van der Waals surface area contributed by atoms with Gasteiger partial charge < -0.3 is 4.90 Å². The third kappa shape index (κ3) is 3.76. The minimum absolute atomic E-state index is 0.168. The number of pyridine rings is 1. The van der Waals surface area contributed by atoms with Crippen LogP contribution >= 0.6 is 0 Å². The molecule has 0 bridgehead atoms. The first-order chi connectivity index (χ1) is 9.59.